The first-order chi connectivity index (χ1) is 14.0. The lowest BCUT2D eigenvalue weighted by molar-refractivity contribution is -0.151. The smallest absolute Gasteiger partial charge is 0.316 e. The number of ketones is 1. The van der Waals surface area contributed by atoms with E-state index < -0.39 is 5.92 Å². The first kappa shape index (κ1) is 25.3. The Balaban J connectivity index is 2.02. The predicted molar refractivity (Wildman–Crippen MR) is 116 cm³/mol. The molecule has 0 aliphatic rings. The van der Waals surface area contributed by atoms with Crippen molar-refractivity contribution in [3.8, 4) is 11.5 Å². The minimum absolute atomic E-state index is 0.0957. The highest BCUT2D eigenvalue weighted by atomic mass is 35.5. The van der Waals surface area contributed by atoms with Gasteiger partial charge >= 0.3 is 5.97 Å². The van der Waals surface area contributed by atoms with Gasteiger partial charge in [-0.05, 0) is 38.8 Å². The van der Waals surface area contributed by atoms with E-state index in [1.54, 1.807) is 20.1 Å². The molecule has 1 rings (SSSR count). The number of esters is 1. The van der Waals surface area contributed by atoms with Crippen LogP contribution in [0.1, 0.15) is 71.6 Å². The molecule has 0 heterocycles. The summed E-state index contributed by atoms with van der Waals surface area (Å²) in [4.78, 5) is 23.3. The molecule has 0 N–H and O–H groups in total. The number of hydrogen-bond acceptors (Lipinski definition) is 5. The monoisotopic (exact) mass is 426 g/mol. The Kier molecular flexibility index (Phi) is 13.2. The second-order valence-electron chi connectivity index (χ2n) is 7.18. The van der Waals surface area contributed by atoms with Crippen LogP contribution in [-0.2, 0) is 14.3 Å². The molecule has 1 unspecified atom stereocenters. The van der Waals surface area contributed by atoms with E-state index in [9.17, 15) is 9.59 Å². The first-order valence-corrected chi connectivity index (χ1v) is 11.0. The summed E-state index contributed by atoms with van der Waals surface area (Å²) in [7, 11) is 1.61. The van der Waals surface area contributed by atoms with E-state index in [0.717, 1.165) is 37.9 Å². The van der Waals surface area contributed by atoms with Crippen molar-refractivity contribution in [1.29, 1.82) is 0 Å². The average molecular weight is 427 g/mol. The van der Waals surface area contributed by atoms with Gasteiger partial charge in [0.1, 0.15) is 23.2 Å². The van der Waals surface area contributed by atoms with Crippen molar-refractivity contribution < 1.29 is 23.8 Å². The number of ether oxygens (including phenoxy) is 3. The highest BCUT2D eigenvalue weighted by Gasteiger charge is 2.23. The summed E-state index contributed by atoms with van der Waals surface area (Å²) >= 11 is 6.15. The molecular weight excluding hydrogens is 392 g/mol. The van der Waals surface area contributed by atoms with Crippen LogP contribution in [0.5, 0.6) is 11.5 Å². The van der Waals surface area contributed by atoms with E-state index in [2.05, 4.69) is 0 Å². The van der Waals surface area contributed by atoms with Crippen LogP contribution in [0.15, 0.2) is 18.2 Å². The highest BCUT2D eigenvalue weighted by Crippen LogP contribution is 2.28. The predicted octanol–water partition coefficient (Wildman–Crippen LogP) is 6.01. The van der Waals surface area contributed by atoms with Gasteiger partial charge in [0.25, 0.3) is 0 Å². The third-order valence-electron chi connectivity index (χ3n) is 4.85. The fraction of sp³-hybridized carbons (Fsp3) is 0.652. The standard InChI is InChI=1S/C23H35ClO5/c1-4-28-23(26)20(18(2)25)13-11-9-7-5-6-8-10-12-16-29-22-15-14-19(27-3)17-21(22)24/h14-15,17,20H,4-13,16H2,1-3H3. The number of carbonyl (C=O) groups excluding carboxylic acids is 2. The number of benzene rings is 1. The molecule has 0 saturated heterocycles. The highest BCUT2D eigenvalue weighted by molar-refractivity contribution is 6.32. The van der Waals surface area contributed by atoms with Gasteiger partial charge in [-0.15, -0.1) is 0 Å². The van der Waals surface area contributed by atoms with Crippen molar-refractivity contribution in [1.82, 2.24) is 0 Å². The van der Waals surface area contributed by atoms with E-state index >= 15 is 0 Å². The van der Waals surface area contributed by atoms with Crippen LogP contribution < -0.4 is 9.47 Å². The van der Waals surface area contributed by atoms with Gasteiger partial charge in [-0.3, -0.25) is 9.59 Å². The summed E-state index contributed by atoms with van der Waals surface area (Å²) in [5, 5.41) is 0.569. The normalized spacial score (nSPS) is 11.7. The maximum Gasteiger partial charge on any atom is 0.316 e. The molecule has 1 aromatic carbocycles. The molecule has 1 aromatic rings. The van der Waals surface area contributed by atoms with Crippen LogP contribution in [0.2, 0.25) is 5.02 Å². The fourth-order valence-electron chi connectivity index (χ4n) is 3.15. The van der Waals surface area contributed by atoms with Crippen LogP contribution >= 0.6 is 11.6 Å². The summed E-state index contributed by atoms with van der Waals surface area (Å²) < 4.78 is 15.8. The lowest BCUT2D eigenvalue weighted by atomic mass is 9.97. The van der Waals surface area contributed by atoms with Gasteiger partial charge in [-0.1, -0.05) is 56.5 Å². The molecule has 6 heteroatoms. The zero-order valence-electron chi connectivity index (χ0n) is 18.0. The lowest BCUT2D eigenvalue weighted by Gasteiger charge is -2.12. The Morgan fingerprint density at radius 2 is 1.62 bits per heavy atom. The van der Waals surface area contributed by atoms with Gasteiger partial charge < -0.3 is 14.2 Å². The molecular formula is C23H35ClO5. The van der Waals surface area contributed by atoms with Gasteiger partial charge in [0.2, 0.25) is 0 Å². The van der Waals surface area contributed by atoms with E-state index in [0.29, 0.717) is 30.4 Å². The number of rotatable bonds is 16. The lowest BCUT2D eigenvalue weighted by Crippen LogP contribution is -2.24. The SMILES string of the molecule is CCOC(=O)C(CCCCCCCCCCOc1ccc(OC)cc1Cl)C(C)=O. The number of unbranched alkanes of at least 4 members (excludes halogenated alkanes) is 7. The molecule has 1 atom stereocenters. The molecule has 164 valence electrons. The molecule has 0 amide bonds. The van der Waals surface area contributed by atoms with Gasteiger partial charge in [0.05, 0.1) is 25.3 Å². The maximum absolute atomic E-state index is 11.7. The summed E-state index contributed by atoms with van der Waals surface area (Å²) in [6.45, 7) is 4.20. The topological polar surface area (TPSA) is 61.8 Å². The number of Topliss-reactive ketones (excluding diaryl/α,β-unsaturated/α-hetero) is 1. The molecule has 0 aliphatic heterocycles. The molecule has 0 bridgehead atoms. The van der Waals surface area contributed by atoms with Crippen molar-refractivity contribution in [3.63, 3.8) is 0 Å². The van der Waals surface area contributed by atoms with Gasteiger partial charge in [-0.25, -0.2) is 0 Å². The summed E-state index contributed by atoms with van der Waals surface area (Å²) in [6, 6.07) is 5.43. The van der Waals surface area contributed by atoms with Crippen molar-refractivity contribution in [3.05, 3.63) is 23.2 Å². The minimum Gasteiger partial charge on any atom is -0.497 e. The first-order valence-electron chi connectivity index (χ1n) is 10.6. The quantitative estimate of drug-likeness (QED) is 0.184. The summed E-state index contributed by atoms with van der Waals surface area (Å²) in [5.41, 5.74) is 0. The van der Waals surface area contributed by atoms with Crippen molar-refractivity contribution >= 4 is 23.4 Å². The Labute approximate surface area is 180 Å². The van der Waals surface area contributed by atoms with E-state index in [4.69, 9.17) is 25.8 Å². The van der Waals surface area contributed by atoms with Crippen molar-refractivity contribution in [2.24, 2.45) is 5.92 Å². The molecule has 0 aromatic heterocycles. The van der Waals surface area contributed by atoms with E-state index in [-0.39, 0.29) is 11.8 Å². The second kappa shape index (κ2) is 15.1. The molecule has 0 radical (unpaired) electrons. The molecule has 0 aliphatic carbocycles. The Morgan fingerprint density at radius 1 is 1.00 bits per heavy atom. The van der Waals surface area contributed by atoms with E-state index in [1.807, 2.05) is 12.1 Å². The molecule has 5 nitrogen and oxygen atoms in total. The number of carbonyl (C=O) groups is 2. The second-order valence-corrected chi connectivity index (χ2v) is 7.58. The summed E-state index contributed by atoms with van der Waals surface area (Å²) in [6.07, 6.45) is 9.34. The molecule has 0 saturated carbocycles. The fourth-order valence-corrected chi connectivity index (χ4v) is 3.37. The van der Waals surface area contributed by atoms with Crippen LogP contribution in [0.25, 0.3) is 0 Å². The third-order valence-corrected chi connectivity index (χ3v) is 5.14. The van der Waals surface area contributed by atoms with Crippen LogP contribution in [-0.4, -0.2) is 32.1 Å². The number of halogens is 1. The molecule has 0 fully saturated rings. The van der Waals surface area contributed by atoms with Crippen LogP contribution in [0.3, 0.4) is 0 Å². The minimum atomic E-state index is -0.589. The number of methoxy groups -OCH3 is 1. The Hall–Kier alpha value is -1.75. The van der Waals surface area contributed by atoms with Gasteiger partial charge in [-0.2, -0.15) is 0 Å². The largest absolute Gasteiger partial charge is 0.497 e. The van der Waals surface area contributed by atoms with Crippen LogP contribution in [0, 0.1) is 5.92 Å². The number of hydrogen-bond donors (Lipinski definition) is 0. The average Bonchev–Trinajstić information content (AvgIpc) is 2.69. The molecule has 0 spiro atoms. The third kappa shape index (κ3) is 10.6. The van der Waals surface area contributed by atoms with E-state index in [1.165, 1.54) is 26.2 Å². The molecule has 29 heavy (non-hydrogen) atoms. The zero-order chi connectivity index (χ0) is 21.5. The van der Waals surface area contributed by atoms with Crippen LogP contribution in [0.4, 0.5) is 0 Å². The van der Waals surface area contributed by atoms with Crippen molar-refractivity contribution in [2.45, 2.75) is 71.6 Å². The maximum atomic E-state index is 11.7. The van der Waals surface area contributed by atoms with Crippen molar-refractivity contribution in [2.75, 3.05) is 20.3 Å². The van der Waals surface area contributed by atoms with Gasteiger partial charge in [0, 0.05) is 6.07 Å². The Morgan fingerprint density at radius 3 is 2.17 bits per heavy atom. The Bertz CT molecular complexity index is 617. The van der Waals surface area contributed by atoms with Gasteiger partial charge in [0.15, 0.2) is 0 Å². The zero-order valence-corrected chi connectivity index (χ0v) is 18.8. The summed E-state index contributed by atoms with van der Waals surface area (Å²) in [5.74, 6) is 0.355.